The number of ketones is 1. The van der Waals surface area contributed by atoms with Gasteiger partial charge in [-0.15, -0.1) is 11.6 Å². The molecule has 0 fully saturated rings. The third-order valence-electron chi connectivity index (χ3n) is 3.23. The minimum Gasteiger partial charge on any atom is -0.496 e. The molecular formula is C16H16BrClO2. The van der Waals surface area contributed by atoms with Crippen LogP contribution in [0.3, 0.4) is 0 Å². The Balaban J connectivity index is 2.45. The second kappa shape index (κ2) is 7.09. The molecule has 2 rings (SSSR count). The summed E-state index contributed by atoms with van der Waals surface area (Å²) in [5.41, 5.74) is 0.673. The van der Waals surface area contributed by atoms with Crippen molar-refractivity contribution in [2.45, 2.75) is 19.3 Å². The first-order chi connectivity index (χ1) is 9.67. The van der Waals surface area contributed by atoms with Crippen molar-refractivity contribution in [3.63, 3.8) is 0 Å². The van der Waals surface area contributed by atoms with Gasteiger partial charge in [0.25, 0.3) is 0 Å². The van der Waals surface area contributed by atoms with Gasteiger partial charge in [0.05, 0.1) is 12.7 Å². The Morgan fingerprint density at radius 3 is 2.75 bits per heavy atom. The molecule has 0 aromatic heterocycles. The molecule has 106 valence electrons. The molecule has 2 aromatic carbocycles. The highest BCUT2D eigenvalue weighted by Gasteiger charge is 2.16. The van der Waals surface area contributed by atoms with Crippen molar-refractivity contribution < 1.29 is 9.53 Å². The number of unbranched alkanes of at least 4 members (excludes halogenated alkanes) is 1. The summed E-state index contributed by atoms with van der Waals surface area (Å²) in [5, 5.41) is 1.96. The number of fused-ring (bicyclic) bond motifs is 1. The van der Waals surface area contributed by atoms with Gasteiger partial charge >= 0.3 is 0 Å². The van der Waals surface area contributed by atoms with E-state index in [9.17, 15) is 4.79 Å². The zero-order valence-electron chi connectivity index (χ0n) is 11.3. The first kappa shape index (κ1) is 15.3. The molecule has 0 bridgehead atoms. The van der Waals surface area contributed by atoms with Crippen LogP contribution in [0.4, 0.5) is 0 Å². The van der Waals surface area contributed by atoms with Gasteiger partial charge in [0.2, 0.25) is 0 Å². The number of Topliss-reactive ketones (excluding diaryl/α,β-unsaturated/α-hetero) is 1. The number of hydrogen-bond acceptors (Lipinski definition) is 2. The minimum atomic E-state index is 0.111. The lowest BCUT2D eigenvalue weighted by Crippen LogP contribution is -2.03. The summed E-state index contributed by atoms with van der Waals surface area (Å²) in [6, 6.07) is 9.72. The van der Waals surface area contributed by atoms with Crippen molar-refractivity contribution in [3.8, 4) is 5.75 Å². The quantitative estimate of drug-likeness (QED) is 0.404. The molecule has 0 N–H and O–H groups in total. The summed E-state index contributed by atoms with van der Waals surface area (Å²) in [6.07, 6.45) is 2.16. The van der Waals surface area contributed by atoms with Crippen molar-refractivity contribution in [1.29, 1.82) is 0 Å². The van der Waals surface area contributed by atoms with Crippen molar-refractivity contribution in [2.24, 2.45) is 0 Å². The zero-order chi connectivity index (χ0) is 14.5. The smallest absolute Gasteiger partial charge is 0.167 e. The molecule has 0 aliphatic carbocycles. The molecule has 0 spiro atoms. The first-order valence-electron chi connectivity index (χ1n) is 6.53. The van der Waals surface area contributed by atoms with Crippen molar-refractivity contribution in [3.05, 3.63) is 40.4 Å². The molecule has 0 saturated heterocycles. The Bertz CT molecular complexity index is 625. The van der Waals surface area contributed by atoms with E-state index in [4.69, 9.17) is 16.3 Å². The average molecular weight is 356 g/mol. The highest BCUT2D eigenvalue weighted by molar-refractivity contribution is 9.10. The number of benzene rings is 2. The fraction of sp³-hybridized carbons (Fsp3) is 0.312. The van der Waals surface area contributed by atoms with Crippen LogP contribution in [0.25, 0.3) is 10.8 Å². The van der Waals surface area contributed by atoms with E-state index in [1.807, 2.05) is 30.3 Å². The number of carbonyl (C=O) groups excluding carboxylic acids is 1. The van der Waals surface area contributed by atoms with Gasteiger partial charge in [-0.05, 0) is 41.8 Å². The van der Waals surface area contributed by atoms with E-state index in [-0.39, 0.29) is 5.78 Å². The van der Waals surface area contributed by atoms with Gasteiger partial charge in [0, 0.05) is 16.8 Å². The van der Waals surface area contributed by atoms with Crippen LogP contribution in [0, 0.1) is 0 Å². The zero-order valence-corrected chi connectivity index (χ0v) is 13.6. The first-order valence-corrected chi connectivity index (χ1v) is 7.85. The van der Waals surface area contributed by atoms with Gasteiger partial charge in [-0.25, -0.2) is 0 Å². The highest BCUT2D eigenvalue weighted by Crippen LogP contribution is 2.31. The lowest BCUT2D eigenvalue weighted by Gasteiger charge is -2.11. The molecule has 2 nitrogen and oxygen atoms in total. The lowest BCUT2D eigenvalue weighted by molar-refractivity contribution is 0.0978. The number of alkyl halides is 1. The van der Waals surface area contributed by atoms with Crippen LogP contribution in [0.2, 0.25) is 0 Å². The number of halogens is 2. The highest BCUT2D eigenvalue weighted by atomic mass is 79.9. The molecule has 2 aromatic rings. The Morgan fingerprint density at radius 2 is 2.05 bits per heavy atom. The van der Waals surface area contributed by atoms with Crippen LogP contribution in [-0.4, -0.2) is 18.8 Å². The molecule has 0 amide bonds. The number of methoxy groups -OCH3 is 1. The molecule has 4 heteroatoms. The Hall–Kier alpha value is -1.06. The SMILES string of the molecule is COc1ccc2cc(Br)ccc2c1C(=O)CCCCCl. The number of rotatable bonds is 6. The molecule has 0 radical (unpaired) electrons. The molecule has 0 aliphatic rings. The minimum absolute atomic E-state index is 0.111. The van der Waals surface area contributed by atoms with Gasteiger partial charge in [-0.2, -0.15) is 0 Å². The van der Waals surface area contributed by atoms with E-state index in [1.54, 1.807) is 7.11 Å². The third kappa shape index (κ3) is 3.33. The summed E-state index contributed by atoms with van der Waals surface area (Å²) in [4.78, 5) is 12.5. The van der Waals surface area contributed by atoms with Crippen molar-refractivity contribution in [2.75, 3.05) is 13.0 Å². The van der Waals surface area contributed by atoms with E-state index in [0.717, 1.165) is 28.1 Å². The van der Waals surface area contributed by atoms with Gasteiger partial charge in [-0.3, -0.25) is 4.79 Å². The summed E-state index contributed by atoms with van der Waals surface area (Å²) in [7, 11) is 1.59. The van der Waals surface area contributed by atoms with Crippen LogP contribution in [-0.2, 0) is 0 Å². The predicted octanol–water partition coefficient (Wildman–Crippen LogP) is 5.20. The molecule has 0 unspecified atom stereocenters. The van der Waals surface area contributed by atoms with Gasteiger partial charge in [-0.1, -0.05) is 28.1 Å². The van der Waals surface area contributed by atoms with E-state index in [1.165, 1.54) is 0 Å². The van der Waals surface area contributed by atoms with Crippen LogP contribution >= 0.6 is 27.5 Å². The maximum Gasteiger partial charge on any atom is 0.167 e. The second-order valence-electron chi connectivity index (χ2n) is 4.58. The fourth-order valence-corrected chi connectivity index (χ4v) is 2.81. The van der Waals surface area contributed by atoms with E-state index >= 15 is 0 Å². The molecule has 0 saturated carbocycles. The third-order valence-corrected chi connectivity index (χ3v) is 3.99. The monoisotopic (exact) mass is 354 g/mol. The van der Waals surface area contributed by atoms with E-state index in [2.05, 4.69) is 15.9 Å². The van der Waals surface area contributed by atoms with Gasteiger partial charge < -0.3 is 4.74 Å². The normalized spacial score (nSPS) is 10.8. The molecular weight excluding hydrogens is 340 g/mol. The summed E-state index contributed by atoms with van der Waals surface area (Å²) in [5.74, 6) is 1.34. The topological polar surface area (TPSA) is 26.3 Å². The number of hydrogen-bond donors (Lipinski definition) is 0. The van der Waals surface area contributed by atoms with Crippen molar-refractivity contribution in [1.82, 2.24) is 0 Å². The number of ether oxygens (including phenoxy) is 1. The second-order valence-corrected chi connectivity index (χ2v) is 5.87. The number of carbonyl (C=O) groups is 1. The Kier molecular flexibility index (Phi) is 5.44. The Morgan fingerprint density at radius 1 is 1.25 bits per heavy atom. The van der Waals surface area contributed by atoms with E-state index in [0.29, 0.717) is 23.6 Å². The van der Waals surface area contributed by atoms with Gasteiger partial charge in [0.15, 0.2) is 5.78 Å². The van der Waals surface area contributed by atoms with Crippen LogP contribution in [0.15, 0.2) is 34.8 Å². The lowest BCUT2D eigenvalue weighted by atomic mass is 9.97. The fourth-order valence-electron chi connectivity index (χ4n) is 2.24. The largest absolute Gasteiger partial charge is 0.496 e. The van der Waals surface area contributed by atoms with Crippen LogP contribution < -0.4 is 4.74 Å². The van der Waals surface area contributed by atoms with E-state index < -0.39 is 0 Å². The summed E-state index contributed by atoms with van der Waals surface area (Å²) >= 11 is 9.11. The van der Waals surface area contributed by atoms with Crippen LogP contribution in [0.5, 0.6) is 5.75 Å². The summed E-state index contributed by atoms with van der Waals surface area (Å²) < 4.78 is 6.35. The summed E-state index contributed by atoms with van der Waals surface area (Å²) in [6.45, 7) is 0. The molecule has 0 aliphatic heterocycles. The maximum atomic E-state index is 12.5. The molecule has 0 heterocycles. The average Bonchev–Trinajstić information content (AvgIpc) is 2.45. The van der Waals surface area contributed by atoms with Crippen molar-refractivity contribution >= 4 is 44.1 Å². The predicted molar refractivity (Wildman–Crippen MR) is 87.1 cm³/mol. The molecule has 0 atom stereocenters. The van der Waals surface area contributed by atoms with Gasteiger partial charge in [0.1, 0.15) is 5.75 Å². The standard InChI is InChI=1S/C16H16BrClO2/c1-20-15-8-5-11-10-12(17)6-7-13(11)16(15)14(19)4-2-3-9-18/h5-8,10H,2-4,9H2,1H3. The maximum absolute atomic E-state index is 12.5. The molecule has 20 heavy (non-hydrogen) atoms. The van der Waals surface area contributed by atoms with Crippen LogP contribution in [0.1, 0.15) is 29.6 Å². The Labute approximate surface area is 132 Å².